The molecule has 1 aromatic heterocycles. The molecule has 0 bridgehead atoms. The van der Waals surface area contributed by atoms with Crippen molar-refractivity contribution >= 4 is 51.9 Å². The number of benzene rings is 1. The van der Waals surface area contributed by atoms with E-state index in [-0.39, 0.29) is 24.5 Å². The van der Waals surface area contributed by atoms with E-state index in [0.717, 1.165) is 0 Å². The highest BCUT2D eigenvalue weighted by Gasteiger charge is 2.10. The number of thiophene rings is 1. The molecule has 2 aromatic rings. The van der Waals surface area contributed by atoms with Gasteiger partial charge in [0.15, 0.2) is 5.78 Å². The Labute approximate surface area is 130 Å². The predicted molar refractivity (Wildman–Crippen MR) is 83.0 cm³/mol. The van der Waals surface area contributed by atoms with Gasteiger partial charge in [-0.25, -0.2) is 0 Å². The van der Waals surface area contributed by atoms with Gasteiger partial charge in [0.1, 0.15) is 0 Å². The summed E-state index contributed by atoms with van der Waals surface area (Å²) in [6, 6.07) is 8.41. The largest absolute Gasteiger partial charge is 0.326 e. The summed E-state index contributed by atoms with van der Waals surface area (Å²) in [5, 5.41) is 5.32. The third-order valence-corrected chi connectivity index (χ3v) is 4.23. The van der Waals surface area contributed by atoms with Gasteiger partial charge in [0.25, 0.3) is 0 Å². The van der Waals surface area contributed by atoms with Crippen LogP contribution in [-0.4, -0.2) is 11.7 Å². The molecule has 0 aliphatic carbocycles. The second-order valence-electron chi connectivity index (χ2n) is 4.08. The van der Waals surface area contributed by atoms with E-state index < -0.39 is 0 Å². The molecule has 0 radical (unpaired) electrons. The fourth-order valence-electron chi connectivity index (χ4n) is 1.58. The minimum atomic E-state index is -0.228. The molecule has 0 aliphatic rings. The molecule has 1 N–H and O–H groups in total. The molecule has 3 nitrogen and oxygen atoms in total. The van der Waals surface area contributed by atoms with Crippen molar-refractivity contribution in [2.45, 2.75) is 12.8 Å². The van der Waals surface area contributed by atoms with Gasteiger partial charge < -0.3 is 5.32 Å². The Morgan fingerprint density at radius 2 is 1.90 bits per heavy atom. The van der Waals surface area contributed by atoms with Crippen LogP contribution in [0.5, 0.6) is 0 Å². The van der Waals surface area contributed by atoms with Crippen molar-refractivity contribution in [3.63, 3.8) is 0 Å². The Morgan fingerprint density at radius 3 is 2.55 bits per heavy atom. The van der Waals surface area contributed by atoms with Crippen LogP contribution in [0.4, 0.5) is 5.69 Å². The Balaban J connectivity index is 1.86. The number of nitrogens with one attached hydrogen (secondary N) is 1. The van der Waals surface area contributed by atoms with Gasteiger partial charge in [-0.1, -0.05) is 29.3 Å². The van der Waals surface area contributed by atoms with E-state index in [1.165, 1.54) is 11.3 Å². The molecule has 1 amide bonds. The molecule has 20 heavy (non-hydrogen) atoms. The van der Waals surface area contributed by atoms with Crippen molar-refractivity contribution in [3.8, 4) is 0 Å². The van der Waals surface area contributed by atoms with Crippen LogP contribution in [0.25, 0.3) is 0 Å². The zero-order valence-corrected chi connectivity index (χ0v) is 12.7. The highest BCUT2D eigenvalue weighted by atomic mass is 35.5. The molecule has 0 atom stereocenters. The summed E-state index contributed by atoms with van der Waals surface area (Å²) < 4.78 is 0. The molecule has 1 aromatic carbocycles. The van der Waals surface area contributed by atoms with Crippen molar-refractivity contribution in [2.24, 2.45) is 0 Å². The first-order valence-electron chi connectivity index (χ1n) is 5.88. The van der Waals surface area contributed by atoms with Crippen molar-refractivity contribution in [1.82, 2.24) is 0 Å². The molecule has 0 saturated heterocycles. The van der Waals surface area contributed by atoms with Crippen LogP contribution in [0.3, 0.4) is 0 Å². The summed E-state index contributed by atoms with van der Waals surface area (Å²) in [6.07, 6.45) is 0.324. The second-order valence-corrected chi connectivity index (χ2v) is 5.84. The van der Waals surface area contributed by atoms with Crippen LogP contribution in [-0.2, 0) is 4.79 Å². The number of Topliss-reactive ketones (excluding diaryl/α,β-unsaturated/α-hetero) is 1. The number of carbonyl (C=O) groups excluding carboxylic acids is 2. The molecule has 1 heterocycles. The lowest BCUT2D eigenvalue weighted by Gasteiger charge is -2.05. The number of ketones is 1. The molecule has 0 spiro atoms. The number of anilines is 1. The molecular formula is C14H11Cl2NO2S. The third-order valence-electron chi connectivity index (χ3n) is 2.58. The Kier molecular flexibility index (Phi) is 5.17. The predicted octanol–water partition coefficient (Wildman–Crippen LogP) is 4.66. The van der Waals surface area contributed by atoms with Crippen LogP contribution in [0.2, 0.25) is 10.0 Å². The Hall–Kier alpha value is -1.36. The van der Waals surface area contributed by atoms with Crippen LogP contribution in [0.1, 0.15) is 22.5 Å². The maximum Gasteiger partial charge on any atom is 0.224 e. The third kappa shape index (κ3) is 4.07. The van der Waals surface area contributed by atoms with Gasteiger partial charge in [0.05, 0.1) is 14.9 Å². The zero-order valence-electron chi connectivity index (χ0n) is 10.4. The van der Waals surface area contributed by atoms with Gasteiger partial charge in [-0.2, -0.15) is 0 Å². The average molecular weight is 328 g/mol. The number of carbonyl (C=O) groups is 2. The first kappa shape index (κ1) is 15.0. The van der Waals surface area contributed by atoms with Crippen LogP contribution < -0.4 is 5.32 Å². The van der Waals surface area contributed by atoms with E-state index in [2.05, 4.69) is 5.32 Å². The maximum atomic E-state index is 11.8. The second kappa shape index (κ2) is 6.88. The van der Waals surface area contributed by atoms with E-state index in [0.29, 0.717) is 20.6 Å². The topological polar surface area (TPSA) is 46.2 Å². The van der Waals surface area contributed by atoms with Crippen molar-refractivity contribution < 1.29 is 9.59 Å². The van der Waals surface area contributed by atoms with Gasteiger partial charge >= 0.3 is 0 Å². The number of halogens is 2. The standard InChI is InChI=1S/C14H11Cl2NO2S/c15-10-4-3-9(8-11(10)16)17-14(19)6-5-12(18)13-2-1-7-20-13/h1-4,7-8H,5-6H2,(H,17,19). The molecule has 2 rings (SSSR count). The molecule has 104 valence electrons. The van der Waals surface area contributed by atoms with E-state index in [9.17, 15) is 9.59 Å². The van der Waals surface area contributed by atoms with Gasteiger partial charge in [0, 0.05) is 18.5 Å². The Morgan fingerprint density at radius 1 is 1.10 bits per heavy atom. The van der Waals surface area contributed by atoms with E-state index in [1.807, 2.05) is 11.4 Å². The molecule has 6 heteroatoms. The summed E-state index contributed by atoms with van der Waals surface area (Å²) in [5.74, 6) is -0.252. The summed E-state index contributed by atoms with van der Waals surface area (Å²) in [4.78, 5) is 24.2. The molecular weight excluding hydrogens is 317 g/mol. The van der Waals surface area contributed by atoms with Gasteiger partial charge in [-0.15, -0.1) is 11.3 Å². The summed E-state index contributed by atoms with van der Waals surface area (Å²) >= 11 is 13.0. The van der Waals surface area contributed by atoms with Gasteiger partial charge in [0.2, 0.25) is 5.91 Å². The smallest absolute Gasteiger partial charge is 0.224 e. The van der Waals surface area contributed by atoms with Gasteiger partial charge in [-0.05, 0) is 29.6 Å². The first-order valence-corrected chi connectivity index (χ1v) is 7.51. The zero-order chi connectivity index (χ0) is 14.5. The fraction of sp³-hybridized carbons (Fsp3) is 0.143. The lowest BCUT2D eigenvalue weighted by molar-refractivity contribution is -0.116. The fourth-order valence-corrected chi connectivity index (χ4v) is 2.58. The summed E-state index contributed by atoms with van der Waals surface area (Å²) in [6.45, 7) is 0. The van der Waals surface area contributed by atoms with Crippen molar-refractivity contribution in [2.75, 3.05) is 5.32 Å². The summed E-state index contributed by atoms with van der Waals surface area (Å²) in [5.41, 5.74) is 0.563. The normalized spacial score (nSPS) is 10.3. The van der Waals surface area contributed by atoms with Crippen LogP contribution in [0.15, 0.2) is 35.7 Å². The molecule has 0 aliphatic heterocycles. The first-order chi connectivity index (χ1) is 9.56. The van der Waals surface area contributed by atoms with Crippen molar-refractivity contribution in [1.29, 1.82) is 0 Å². The highest BCUT2D eigenvalue weighted by Crippen LogP contribution is 2.25. The Bertz CT molecular complexity index is 626. The summed E-state index contributed by atoms with van der Waals surface area (Å²) in [7, 11) is 0. The van der Waals surface area contributed by atoms with E-state index >= 15 is 0 Å². The number of hydrogen-bond acceptors (Lipinski definition) is 3. The van der Waals surface area contributed by atoms with E-state index in [4.69, 9.17) is 23.2 Å². The van der Waals surface area contributed by atoms with Crippen LogP contribution >= 0.6 is 34.5 Å². The van der Waals surface area contributed by atoms with Gasteiger partial charge in [-0.3, -0.25) is 9.59 Å². The highest BCUT2D eigenvalue weighted by molar-refractivity contribution is 7.12. The number of amides is 1. The average Bonchev–Trinajstić information content (AvgIpc) is 2.94. The monoisotopic (exact) mass is 327 g/mol. The molecule has 0 fully saturated rings. The molecule has 0 unspecified atom stereocenters. The minimum absolute atomic E-state index is 0.0238. The SMILES string of the molecule is O=C(CCC(=O)c1cccs1)Nc1ccc(Cl)c(Cl)c1. The lowest BCUT2D eigenvalue weighted by Crippen LogP contribution is -2.13. The maximum absolute atomic E-state index is 11.8. The lowest BCUT2D eigenvalue weighted by atomic mass is 10.2. The van der Waals surface area contributed by atoms with Crippen LogP contribution in [0, 0.1) is 0 Å². The quantitative estimate of drug-likeness (QED) is 0.812. The minimum Gasteiger partial charge on any atom is -0.326 e. The number of rotatable bonds is 5. The molecule has 0 saturated carbocycles. The van der Waals surface area contributed by atoms with Crippen molar-refractivity contribution in [3.05, 3.63) is 50.6 Å². The van der Waals surface area contributed by atoms with E-state index in [1.54, 1.807) is 24.3 Å². The number of hydrogen-bond donors (Lipinski definition) is 1.